The lowest BCUT2D eigenvalue weighted by atomic mass is 10.1. The van der Waals surface area contributed by atoms with E-state index in [2.05, 4.69) is 17.2 Å². The number of rotatable bonds is 6. The SMILES string of the molecule is C=CCNC(=O)CNC(=O)[C@@H](N)C(C)C.Cl. The lowest BCUT2D eigenvalue weighted by Gasteiger charge is -2.14. The highest BCUT2D eigenvalue weighted by Crippen LogP contribution is 1.97. The first-order valence-electron chi connectivity index (χ1n) is 4.90. The van der Waals surface area contributed by atoms with Gasteiger partial charge in [-0.3, -0.25) is 9.59 Å². The third-order valence-corrected chi connectivity index (χ3v) is 1.89. The van der Waals surface area contributed by atoms with E-state index < -0.39 is 6.04 Å². The third kappa shape index (κ3) is 7.25. The van der Waals surface area contributed by atoms with Crippen LogP contribution in [0, 0.1) is 5.92 Å². The van der Waals surface area contributed by atoms with Crippen LogP contribution >= 0.6 is 12.4 Å². The van der Waals surface area contributed by atoms with Gasteiger partial charge in [-0.05, 0) is 5.92 Å². The Kier molecular flexibility index (Phi) is 9.94. The minimum absolute atomic E-state index is 0. The summed E-state index contributed by atoms with van der Waals surface area (Å²) in [7, 11) is 0. The number of carbonyl (C=O) groups is 2. The van der Waals surface area contributed by atoms with Crippen LogP contribution in [0.5, 0.6) is 0 Å². The van der Waals surface area contributed by atoms with E-state index in [0.29, 0.717) is 6.54 Å². The van der Waals surface area contributed by atoms with E-state index >= 15 is 0 Å². The largest absolute Gasteiger partial charge is 0.351 e. The molecule has 0 aliphatic carbocycles. The predicted octanol–water partition coefficient (Wildman–Crippen LogP) is -0.190. The quantitative estimate of drug-likeness (QED) is 0.571. The van der Waals surface area contributed by atoms with Crippen molar-refractivity contribution in [2.24, 2.45) is 11.7 Å². The molecule has 4 N–H and O–H groups in total. The van der Waals surface area contributed by atoms with Crippen molar-refractivity contribution in [2.75, 3.05) is 13.1 Å². The molecule has 0 aromatic heterocycles. The second-order valence-corrected chi connectivity index (χ2v) is 3.58. The van der Waals surface area contributed by atoms with E-state index in [1.54, 1.807) is 6.08 Å². The van der Waals surface area contributed by atoms with Gasteiger partial charge in [-0.15, -0.1) is 19.0 Å². The topological polar surface area (TPSA) is 84.2 Å². The van der Waals surface area contributed by atoms with E-state index in [4.69, 9.17) is 5.73 Å². The Hall–Kier alpha value is -1.07. The molecule has 0 saturated carbocycles. The monoisotopic (exact) mass is 249 g/mol. The molecule has 0 aliphatic heterocycles. The fraction of sp³-hybridized carbons (Fsp3) is 0.600. The van der Waals surface area contributed by atoms with Crippen molar-refractivity contribution < 1.29 is 9.59 Å². The first kappa shape index (κ1) is 17.3. The van der Waals surface area contributed by atoms with Crippen LogP contribution in [0.4, 0.5) is 0 Å². The summed E-state index contributed by atoms with van der Waals surface area (Å²) >= 11 is 0. The molecule has 0 radical (unpaired) electrons. The summed E-state index contributed by atoms with van der Waals surface area (Å²) in [6.07, 6.45) is 1.57. The van der Waals surface area contributed by atoms with Crippen molar-refractivity contribution in [3.8, 4) is 0 Å². The number of carbonyl (C=O) groups excluding carboxylic acids is 2. The van der Waals surface area contributed by atoms with Crippen LogP contribution in [-0.4, -0.2) is 30.9 Å². The van der Waals surface area contributed by atoms with Gasteiger partial charge in [0.05, 0.1) is 12.6 Å². The zero-order valence-electron chi connectivity index (χ0n) is 9.66. The summed E-state index contributed by atoms with van der Waals surface area (Å²) in [5, 5.41) is 5.01. The van der Waals surface area contributed by atoms with E-state index in [9.17, 15) is 9.59 Å². The van der Waals surface area contributed by atoms with Gasteiger partial charge in [0.25, 0.3) is 0 Å². The van der Waals surface area contributed by atoms with E-state index in [0.717, 1.165) is 0 Å². The van der Waals surface area contributed by atoms with Crippen molar-refractivity contribution >= 4 is 24.2 Å². The second kappa shape index (κ2) is 9.18. The fourth-order valence-electron chi connectivity index (χ4n) is 0.836. The fourth-order valence-corrected chi connectivity index (χ4v) is 0.836. The third-order valence-electron chi connectivity index (χ3n) is 1.89. The van der Waals surface area contributed by atoms with Crippen molar-refractivity contribution in [1.29, 1.82) is 0 Å². The summed E-state index contributed by atoms with van der Waals surface area (Å²) in [6, 6.07) is -0.572. The molecule has 0 fully saturated rings. The molecule has 1 atom stereocenters. The first-order valence-corrected chi connectivity index (χ1v) is 4.90. The summed E-state index contributed by atoms with van der Waals surface area (Å²) in [4.78, 5) is 22.4. The van der Waals surface area contributed by atoms with Crippen molar-refractivity contribution in [2.45, 2.75) is 19.9 Å². The van der Waals surface area contributed by atoms with Gasteiger partial charge in [0.2, 0.25) is 11.8 Å². The van der Waals surface area contributed by atoms with Gasteiger partial charge in [-0.25, -0.2) is 0 Å². The second-order valence-electron chi connectivity index (χ2n) is 3.58. The molecule has 94 valence electrons. The molecule has 5 nitrogen and oxygen atoms in total. The average Bonchev–Trinajstić information content (AvgIpc) is 2.21. The maximum Gasteiger partial charge on any atom is 0.239 e. The highest BCUT2D eigenvalue weighted by molar-refractivity contribution is 5.87. The number of hydrogen-bond donors (Lipinski definition) is 3. The number of amides is 2. The van der Waals surface area contributed by atoms with Gasteiger partial charge in [-0.1, -0.05) is 19.9 Å². The summed E-state index contributed by atoms with van der Waals surface area (Å²) in [6.45, 7) is 7.50. The molecule has 0 bridgehead atoms. The lowest BCUT2D eigenvalue weighted by Crippen LogP contribution is -2.47. The van der Waals surface area contributed by atoms with E-state index in [-0.39, 0.29) is 36.7 Å². The van der Waals surface area contributed by atoms with Crippen LogP contribution in [-0.2, 0) is 9.59 Å². The van der Waals surface area contributed by atoms with Crippen LogP contribution in [0.25, 0.3) is 0 Å². The van der Waals surface area contributed by atoms with Crippen molar-refractivity contribution in [1.82, 2.24) is 10.6 Å². The molecule has 0 aromatic rings. The molecule has 0 unspecified atom stereocenters. The van der Waals surface area contributed by atoms with Crippen LogP contribution in [0.3, 0.4) is 0 Å². The average molecular weight is 250 g/mol. The molecular formula is C10H20ClN3O2. The van der Waals surface area contributed by atoms with Crippen LogP contribution < -0.4 is 16.4 Å². The maximum absolute atomic E-state index is 11.3. The molecular weight excluding hydrogens is 230 g/mol. The van der Waals surface area contributed by atoms with Crippen molar-refractivity contribution in [3.05, 3.63) is 12.7 Å². The number of nitrogens with one attached hydrogen (secondary N) is 2. The lowest BCUT2D eigenvalue weighted by molar-refractivity contribution is -0.127. The van der Waals surface area contributed by atoms with Gasteiger partial charge in [0.1, 0.15) is 0 Å². The highest BCUT2D eigenvalue weighted by Gasteiger charge is 2.17. The molecule has 6 heteroatoms. The Morgan fingerprint density at radius 1 is 1.38 bits per heavy atom. The molecule has 0 spiro atoms. The molecule has 0 heterocycles. The first-order chi connectivity index (χ1) is 6.99. The Bertz CT molecular complexity index is 244. The van der Waals surface area contributed by atoms with E-state index in [1.807, 2.05) is 13.8 Å². The highest BCUT2D eigenvalue weighted by atomic mass is 35.5. The number of nitrogens with two attached hydrogens (primary N) is 1. The Balaban J connectivity index is 0. The number of hydrogen-bond acceptors (Lipinski definition) is 3. The van der Waals surface area contributed by atoms with Gasteiger partial charge in [0.15, 0.2) is 0 Å². The van der Waals surface area contributed by atoms with Crippen LogP contribution in [0.15, 0.2) is 12.7 Å². The molecule has 0 aliphatic rings. The Morgan fingerprint density at radius 3 is 2.38 bits per heavy atom. The van der Waals surface area contributed by atoms with Gasteiger partial charge in [0, 0.05) is 6.54 Å². The Morgan fingerprint density at radius 2 is 1.94 bits per heavy atom. The van der Waals surface area contributed by atoms with Gasteiger partial charge >= 0.3 is 0 Å². The van der Waals surface area contributed by atoms with Gasteiger partial charge in [-0.2, -0.15) is 0 Å². The minimum Gasteiger partial charge on any atom is -0.351 e. The zero-order valence-corrected chi connectivity index (χ0v) is 10.5. The molecule has 0 saturated heterocycles. The van der Waals surface area contributed by atoms with Crippen molar-refractivity contribution in [3.63, 3.8) is 0 Å². The predicted molar refractivity (Wildman–Crippen MR) is 66.3 cm³/mol. The molecule has 0 aromatic carbocycles. The zero-order chi connectivity index (χ0) is 11.8. The molecule has 0 rings (SSSR count). The molecule has 16 heavy (non-hydrogen) atoms. The summed E-state index contributed by atoms with van der Waals surface area (Å²) in [5.74, 6) is -0.501. The molecule has 2 amide bonds. The summed E-state index contributed by atoms with van der Waals surface area (Å²) < 4.78 is 0. The summed E-state index contributed by atoms with van der Waals surface area (Å²) in [5.41, 5.74) is 5.59. The van der Waals surface area contributed by atoms with Crippen LogP contribution in [0.1, 0.15) is 13.8 Å². The smallest absolute Gasteiger partial charge is 0.239 e. The Labute approximate surface area is 102 Å². The minimum atomic E-state index is -0.572. The van der Waals surface area contributed by atoms with Gasteiger partial charge < -0.3 is 16.4 Å². The normalized spacial score (nSPS) is 11.2. The maximum atomic E-state index is 11.3. The standard InChI is InChI=1S/C10H19N3O2.ClH/c1-4-5-12-8(14)6-13-10(15)9(11)7(2)3;/h4,7,9H,1,5-6,11H2,2-3H3,(H,12,14)(H,13,15);1H/t9-;/m0./s1. The number of halogens is 1. The van der Waals surface area contributed by atoms with Crippen LogP contribution in [0.2, 0.25) is 0 Å². The van der Waals surface area contributed by atoms with E-state index in [1.165, 1.54) is 0 Å².